The predicted octanol–water partition coefficient (Wildman–Crippen LogP) is 7.07. The third-order valence-electron chi connectivity index (χ3n) is 9.10. The van der Waals surface area contributed by atoms with Gasteiger partial charge in [0.2, 0.25) is 0 Å². The number of rotatable bonds is 4. The first-order valence-corrected chi connectivity index (χ1v) is 20.8. The summed E-state index contributed by atoms with van der Waals surface area (Å²) in [6.07, 6.45) is 5.41. The number of hydrogen-bond acceptors (Lipinski definition) is 14. The van der Waals surface area contributed by atoms with E-state index in [0.29, 0.717) is 44.6 Å². The lowest BCUT2D eigenvalue weighted by molar-refractivity contribution is 0.0511. The molecule has 66 heavy (non-hydrogen) atoms. The maximum atomic E-state index is 12.6. The van der Waals surface area contributed by atoms with Gasteiger partial charge in [-0.3, -0.25) is 25.9 Å². The lowest BCUT2D eigenvalue weighted by atomic mass is 10.2. The fourth-order valence-electron chi connectivity index (χ4n) is 6.26. The average molecular weight is 931 g/mol. The van der Waals surface area contributed by atoms with E-state index in [0.717, 1.165) is 21.8 Å². The summed E-state index contributed by atoms with van der Waals surface area (Å²) in [7, 11) is 3.74. The molecule has 0 fully saturated rings. The van der Waals surface area contributed by atoms with E-state index in [1.807, 2.05) is 56.1 Å². The van der Waals surface area contributed by atoms with E-state index in [1.165, 1.54) is 9.36 Å². The number of carbonyl (C=O) groups is 4. The van der Waals surface area contributed by atoms with Gasteiger partial charge >= 0.3 is 12.2 Å². The maximum Gasteiger partial charge on any atom is 0.435 e. The van der Waals surface area contributed by atoms with Crippen molar-refractivity contribution >= 4 is 114 Å². The maximum absolute atomic E-state index is 12.6. The van der Waals surface area contributed by atoms with Crippen LogP contribution in [0, 0.1) is 0 Å². The van der Waals surface area contributed by atoms with Crippen LogP contribution in [0.3, 0.4) is 0 Å². The number of hydrogen-bond donors (Lipinski definition) is 5. The Hall–Kier alpha value is -7.91. The molecule has 0 saturated heterocycles. The second kappa shape index (κ2) is 19.9. The van der Waals surface area contributed by atoms with Gasteiger partial charge in [0, 0.05) is 30.6 Å². The number of nitrogens with one attached hydrogen (secondary N) is 4. The number of nitrogens with two attached hydrogens (primary N) is 1. The molecule has 2 amide bonds. The summed E-state index contributed by atoms with van der Waals surface area (Å²) in [4.78, 5) is 60.6. The van der Waals surface area contributed by atoms with Gasteiger partial charge in [0.05, 0.1) is 69.1 Å². The molecular weight excluding hydrogens is 885 g/mol. The number of amides is 2. The highest BCUT2D eigenvalue weighted by Gasteiger charge is 2.22. The van der Waals surface area contributed by atoms with E-state index >= 15 is 0 Å². The monoisotopic (exact) mass is 930 g/mol. The molecular formula is C44H46N14O6S2. The molecule has 4 aromatic heterocycles. The van der Waals surface area contributed by atoms with Crippen LogP contribution in [-0.2, 0) is 23.6 Å². The Bertz CT molecular complexity index is 3190. The standard InChI is InChI=1S/C22H23N7O3S.C13H13N3O2S.C9H10N4O/c1-22(2,3)32-21(31)29-16-9-8-14(10-13(16)11-24-29)25-20(33)27-26-19(30)15-6-5-7-17-18(15)23-12-28(17)4;1-13(2,3)18-12(17)16-11-5-4-10(14-8-19)6-9(11)7-15-16;1-13-5-11-8-6(9(14)12-10)3-2-4-7(8)13/h5-12H,1-4H3,(H,26,30)(H2,25,27,33);4-7H,1-3H3;2-5H,10H2,1H3,(H,12,14). The molecule has 0 spiro atoms. The van der Waals surface area contributed by atoms with Crippen molar-refractivity contribution in [2.24, 2.45) is 24.9 Å². The number of anilines is 1. The normalized spacial score (nSPS) is 11.1. The number of fused-ring (bicyclic) bond motifs is 4. The van der Waals surface area contributed by atoms with E-state index in [2.05, 4.69) is 64.1 Å². The lowest BCUT2D eigenvalue weighted by Crippen LogP contribution is -2.43. The van der Waals surface area contributed by atoms with Gasteiger partial charge in [0.25, 0.3) is 11.8 Å². The molecule has 0 unspecified atom stereocenters. The Morgan fingerprint density at radius 3 is 1.68 bits per heavy atom. The molecule has 0 aliphatic heterocycles. The van der Waals surface area contributed by atoms with Crippen molar-refractivity contribution in [3.63, 3.8) is 0 Å². The second-order valence-electron chi connectivity index (χ2n) is 16.4. The molecule has 340 valence electrons. The molecule has 0 radical (unpaired) electrons. The van der Waals surface area contributed by atoms with Crippen molar-refractivity contribution in [1.82, 2.24) is 54.9 Å². The van der Waals surface area contributed by atoms with Gasteiger partial charge < -0.3 is 23.9 Å². The van der Waals surface area contributed by atoms with Crippen molar-refractivity contribution < 1.29 is 28.7 Å². The zero-order chi connectivity index (χ0) is 47.9. The number of para-hydroxylation sites is 2. The van der Waals surface area contributed by atoms with Crippen molar-refractivity contribution in [3.05, 3.63) is 109 Å². The summed E-state index contributed by atoms with van der Waals surface area (Å²) < 4.78 is 16.8. The van der Waals surface area contributed by atoms with Crippen LogP contribution >= 0.6 is 24.4 Å². The highest BCUT2D eigenvalue weighted by molar-refractivity contribution is 7.80. The van der Waals surface area contributed by atoms with Crippen LogP contribution in [0.15, 0.2) is 103 Å². The Balaban J connectivity index is 0.000000183. The number of aliphatic imine (C=N–C) groups is 1. The third-order valence-corrected chi connectivity index (χ3v) is 9.40. The summed E-state index contributed by atoms with van der Waals surface area (Å²) in [6.45, 7) is 10.8. The SMILES string of the molecule is CC(C)(C)OC(=O)n1ncc2cc(N=C=S)ccc21.Cn1cnc2c(C(=O)NN)cccc21.Cn1cnc2c(C(=O)NNC(=S)Nc3ccc4c(cnn4C(=O)OC(C)(C)C)c3)cccc21. The van der Waals surface area contributed by atoms with Gasteiger partial charge in [-0.1, -0.05) is 12.1 Å². The largest absolute Gasteiger partial charge is 0.442 e. The van der Waals surface area contributed by atoms with Gasteiger partial charge in [0.1, 0.15) is 22.2 Å². The van der Waals surface area contributed by atoms with Crippen LogP contribution in [0.5, 0.6) is 0 Å². The summed E-state index contributed by atoms with van der Waals surface area (Å²) >= 11 is 9.83. The number of aromatic nitrogens is 8. The van der Waals surface area contributed by atoms with Crippen molar-refractivity contribution in [2.45, 2.75) is 52.7 Å². The number of ether oxygens (including phenoxy) is 2. The molecule has 4 aromatic carbocycles. The van der Waals surface area contributed by atoms with E-state index in [9.17, 15) is 19.2 Å². The molecule has 8 aromatic rings. The number of isothiocyanates is 1. The molecule has 8 rings (SSSR count). The second-order valence-corrected chi connectivity index (χ2v) is 16.9. The van der Waals surface area contributed by atoms with Gasteiger partial charge in [-0.15, -0.1) is 0 Å². The van der Waals surface area contributed by atoms with E-state index in [-0.39, 0.29) is 16.9 Å². The summed E-state index contributed by atoms with van der Waals surface area (Å²) in [6, 6.07) is 21.3. The van der Waals surface area contributed by atoms with E-state index < -0.39 is 23.4 Å². The lowest BCUT2D eigenvalue weighted by Gasteiger charge is -2.19. The van der Waals surface area contributed by atoms with Crippen LogP contribution in [-0.4, -0.2) is 84.1 Å². The first-order valence-electron chi connectivity index (χ1n) is 20.0. The number of imidazole rings is 2. The highest BCUT2D eigenvalue weighted by Crippen LogP contribution is 2.23. The molecule has 22 heteroatoms. The summed E-state index contributed by atoms with van der Waals surface area (Å²) in [5.41, 5.74) is 12.7. The first kappa shape index (κ1) is 47.6. The highest BCUT2D eigenvalue weighted by atomic mass is 32.1. The number of aryl methyl sites for hydroxylation is 2. The Morgan fingerprint density at radius 1 is 0.682 bits per heavy atom. The summed E-state index contributed by atoms with van der Waals surface area (Å²) in [5.74, 6) is 4.38. The average Bonchev–Trinajstić information content (AvgIpc) is 4.07. The Kier molecular flexibility index (Phi) is 14.3. The van der Waals surface area contributed by atoms with Crippen molar-refractivity contribution in [2.75, 3.05) is 5.32 Å². The van der Waals surface area contributed by atoms with Crippen LogP contribution in [0.2, 0.25) is 0 Å². The minimum atomic E-state index is -0.624. The van der Waals surface area contributed by atoms with Gasteiger partial charge in [-0.2, -0.15) is 24.6 Å². The number of hydrazine groups is 2. The van der Waals surface area contributed by atoms with E-state index in [4.69, 9.17) is 27.5 Å². The molecule has 0 aliphatic rings. The first-order chi connectivity index (χ1) is 31.3. The minimum absolute atomic E-state index is 0.190. The zero-order valence-electron chi connectivity index (χ0n) is 37.1. The van der Waals surface area contributed by atoms with Crippen LogP contribution < -0.4 is 27.4 Å². The molecule has 0 aliphatic carbocycles. The van der Waals surface area contributed by atoms with Crippen LogP contribution in [0.4, 0.5) is 21.0 Å². The number of thiocarbonyl (C=S) groups is 2. The predicted molar refractivity (Wildman–Crippen MR) is 257 cm³/mol. The van der Waals surface area contributed by atoms with Crippen LogP contribution in [0.25, 0.3) is 43.9 Å². The quantitative estimate of drug-likeness (QED) is 0.0390. The number of nitrogens with zero attached hydrogens (tertiary/aromatic N) is 9. The van der Waals surface area contributed by atoms with Gasteiger partial charge in [0.15, 0.2) is 5.11 Å². The zero-order valence-corrected chi connectivity index (χ0v) is 38.7. The molecule has 0 atom stereocenters. The molecule has 6 N–H and O–H groups in total. The molecule has 4 heterocycles. The Labute approximate surface area is 388 Å². The fourth-order valence-corrected chi connectivity index (χ4v) is 6.53. The van der Waals surface area contributed by atoms with Gasteiger partial charge in [-0.05, 0) is 127 Å². The van der Waals surface area contributed by atoms with Gasteiger partial charge in [-0.25, -0.2) is 25.4 Å². The molecule has 20 nitrogen and oxygen atoms in total. The van der Waals surface area contributed by atoms with E-state index in [1.54, 1.807) is 106 Å². The molecule has 0 bridgehead atoms. The number of carbonyl (C=O) groups excluding carboxylic acids is 4. The Morgan fingerprint density at radius 2 is 1.18 bits per heavy atom. The van der Waals surface area contributed by atoms with Crippen molar-refractivity contribution in [3.8, 4) is 0 Å². The third kappa shape index (κ3) is 11.4. The number of nitrogen functional groups attached to an aromatic ring is 1. The smallest absolute Gasteiger partial charge is 0.435 e. The summed E-state index contributed by atoms with van der Waals surface area (Å²) in [5, 5.41) is 15.1. The molecule has 0 saturated carbocycles. The number of benzene rings is 4. The van der Waals surface area contributed by atoms with Crippen molar-refractivity contribution in [1.29, 1.82) is 0 Å². The topological polar surface area (TPSA) is 245 Å². The minimum Gasteiger partial charge on any atom is -0.442 e. The fraction of sp³-hybridized carbons (Fsp3) is 0.227. The van der Waals surface area contributed by atoms with Crippen LogP contribution in [0.1, 0.15) is 62.3 Å².